The zero-order valence-electron chi connectivity index (χ0n) is 18.6. The van der Waals surface area contributed by atoms with E-state index in [1.54, 1.807) is 25.1 Å². The Morgan fingerprint density at radius 2 is 1.44 bits per heavy atom. The number of aromatic nitrogens is 1. The number of esters is 1. The predicted octanol–water partition coefficient (Wildman–Crippen LogP) is 4.02. The molecular weight excluding hydrogens is 438 g/mol. The fourth-order valence-corrected chi connectivity index (χ4v) is 3.15. The first kappa shape index (κ1) is 24.1. The number of anilines is 2. The number of carbonyl (C=O) groups is 4. The van der Waals surface area contributed by atoms with Gasteiger partial charge >= 0.3 is 11.9 Å². The van der Waals surface area contributed by atoms with Gasteiger partial charge in [-0.2, -0.15) is 0 Å². The Bertz CT molecular complexity index is 1240. The Balaban J connectivity index is 1.70. The molecule has 2 aromatic carbocycles. The van der Waals surface area contributed by atoms with Gasteiger partial charge in [-0.15, -0.1) is 0 Å². The number of amides is 2. The van der Waals surface area contributed by atoms with Gasteiger partial charge in [-0.1, -0.05) is 13.0 Å². The molecule has 174 valence electrons. The molecule has 0 aliphatic rings. The fraction of sp³-hybridized carbons (Fsp3) is 0.160. The summed E-state index contributed by atoms with van der Waals surface area (Å²) in [5, 5.41) is 14.6. The molecule has 0 aliphatic heterocycles. The number of hydrogen-bond donors (Lipinski definition) is 3. The molecule has 0 atom stereocenters. The van der Waals surface area contributed by atoms with Crippen LogP contribution < -0.4 is 10.6 Å². The van der Waals surface area contributed by atoms with E-state index in [0.717, 1.165) is 0 Å². The Morgan fingerprint density at radius 1 is 0.853 bits per heavy atom. The number of rotatable bonds is 8. The summed E-state index contributed by atoms with van der Waals surface area (Å²) in [7, 11) is 0. The summed E-state index contributed by atoms with van der Waals surface area (Å²) in [6.45, 7) is 3.80. The number of carboxylic acid groups (broad SMARTS) is 1. The van der Waals surface area contributed by atoms with Crippen molar-refractivity contribution >= 4 is 35.1 Å². The van der Waals surface area contributed by atoms with Crippen LogP contribution in [-0.2, 0) is 11.2 Å². The maximum absolute atomic E-state index is 12.7. The average molecular weight is 461 g/mol. The second-order valence-corrected chi connectivity index (χ2v) is 7.14. The number of nitrogens with one attached hydrogen (secondary N) is 2. The third kappa shape index (κ3) is 5.83. The predicted molar refractivity (Wildman–Crippen MR) is 125 cm³/mol. The van der Waals surface area contributed by atoms with E-state index in [1.165, 1.54) is 42.5 Å². The fourth-order valence-electron chi connectivity index (χ4n) is 3.15. The Kier molecular flexibility index (Phi) is 7.71. The van der Waals surface area contributed by atoms with Crippen LogP contribution in [0.1, 0.15) is 61.1 Å². The van der Waals surface area contributed by atoms with Crippen LogP contribution in [-0.4, -0.2) is 40.5 Å². The van der Waals surface area contributed by atoms with Crippen molar-refractivity contribution < 1.29 is 29.0 Å². The smallest absolute Gasteiger partial charge is 0.338 e. The molecule has 0 radical (unpaired) electrons. The van der Waals surface area contributed by atoms with Crippen molar-refractivity contribution in [1.29, 1.82) is 0 Å². The first-order valence-corrected chi connectivity index (χ1v) is 10.6. The standard InChI is InChI=1S/C25H23N3O6/c1-3-15-14-18(12-13-19(15)24(31)32)27-23(30)21-7-5-6-20(28-21)22(29)26-17-10-8-16(9-11-17)25(33)34-4-2/h5-14H,3-4H2,1-2H3,(H,26,29)(H,27,30)(H,31,32). The van der Waals surface area contributed by atoms with Crippen molar-refractivity contribution in [2.45, 2.75) is 20.3 Å². The number of benzene rings is 2. The van der Waals surface area contributed by atoms with Crippen LogP contribution >= 0.6 is 0 Å². The van der Waals surface area contributed by atoms with Crippen molar-refractivity contribution in [3.8, 4) is 0 Å². The zero-order valence-corrected chi connectivity index (χ0v) is 18.6. The molecular formula is C25H23N3O6. The molecule has 2 amide bonds. The van der Waals surface area contributed by atoms with Crippen LogP contribution in [0.25, 0.3) is 0 Å². The number of ether oxygens (including phenoxy) is 1. The molecule has 0 fully saturated rings. The summed E-state index contributed by atoms with van der Waals surface area (Å²) in [6, 6.07) is 15.2. The van der Waals surface area contributed by atoms with Gasteiger partial charge in [0.2, 0.25) is 0 Å². The van der Waals surface area contributed by atoms with Gasteiger partial charge in [0.1, 0.15) is 11.4 Å². The van der Waals surface area contributed by atoms with Crippen LogP contribution in [0.5, 0.6) is 0 Å². The van der Waals surface area contributed by atoms with Crippen molar-refractivity contribution in [3.05, 3.63) is 88.7 Å². The van der Waals surface area contributed by atoms with Crippen LogP contribution in [0.2, 0.25) is 0 Å². The Hall–Kier alpha value is -4.53. The van der Waals surface area contributed by atoms with E-state index in [-0.39, 0.29) is 23.6 Å². The van der Waals surface area contributed by atoms with Gasteiger partial charge in [-0.25, -0.2) is 14.6 Å². The molecule has 1 aromatic heterocycles. The van der Waals surface area contributed by atoms with Crippen LogP contribution in [0.3, 0.4) is 0 Å². The van der Waals surface area contributed by atoms with E-state index in [0.29, 0.717) is 28.9 Å². The minimum atomic E-state index is -1.04. The molecule has 3 aromatic rings. The molecule has 0 bridgehead atoms. The molecule has 3 rings (SSSR count). The Labute approximate surface area is 195 Å². The lowest BCUT2D eigenvalue weighted by Gasteiger charge is -2.10. The molecule has 0 unspecified atom stereocenters. The molecule has 0 saturated heterocycles. The van der Waals surface area contributed by atoms with Gasteiger partial charge in [-0.05, 0) is 73.5 Å². The Morgan fingerprint density at radius 3 is 2.00 bits per heavy atom. The number of pyridine rings is 1. The van der Waals surface area contributed by atoms with E-state index < -0.39 is 23.8 Å². The summed E-state index contributed by atoms with van der Waals surface area (Å²) in [5.41, 5.74) is 2.03. The van der Waals surface area contributed by atoms with Crippen molar-refractivity contribution in [2.24, 2.45) is 0 Å². The highest BCUT2D eigenvalue weighted by Crippen LogP contribution is 2.18. The molecule has 3 N–H and O–H groups in total. The van der Waals surface area contributed by atoms with Crippen LogP contribution in [0.15, 0.2) is 60.7 Å². The zero-order chi connectivity index (χ0) is 24.7. The van der Waals surface area contributed by atoms with E-state index >= 15 is 0 Å². The maximum Gasteiger partial charge on any atom is 0.338 e. The third-order valence-corrected chi connectivity index (χ3v) is 4.84. The first-order valence-electron chi connectivity index (χ1n) is 10.6. The molecule has 0 spiro atoms. The quantitative estimate of drug-likeness (QED) is 0.431. The highest BCUT2D eigenvalue weighted by molar-refractivity contribution is 6.06. The number of carboxylic acids is 1. The monoisotopic (exact) mass is 461 g/mol. The number of aryl methyl sites for hydroxylation is 1. The minimum Gasteiger partial charge on any atom is -0.478 e. The summed E-state index contributed by atoms with van der Waals surface area (Å²) >= 11 is 0. The second kappa shape index (κ2) is 10.9. The molecule has 9 nitrogen and oxygen atoms in total. The van der Waals surface area contributed by atoms with E-state index in [2.05, 4.69) is 15.6 Å². The number of hydrogen-bond acceptors (Lipinski definition) is 6. The first-order chi connectivity index (χ1) is 16.3. The topological polar surface area (TPSA) is 135 Å². The highest BCUT2D eigenvalue weighted by atomic mass is 16.5. The molecule has 0 saturated carbocycles. The van der Waals surface area contributed by atoms with Gasteiger partial charge in [-0.3, -0.25) is 9.59 Å². The third-order valence-electron chi connectivity index (χ3n) is 4.84. The van der Waals surface area contributed by atoms with Gasteiger partial charge in [0.25, 0.3) is 11.8 Å². The van der Waals surface area contributed by atoms with Gasteiger partial charge in [0, 0.05) is 11.4 Å². The molecule has 34 heavy (non-hydrogen) atoms. The molecule has 9 heteroatoms. The van der Waals surface area contributed by atoms with Crippen LogP contribution in [0.4, 0.5) is 11.4 Å². The van der Waals surface area contributed by atoms with E-state index in [1.807, 2.05) is 6.92 Å². The summed E-state index contributed by atoms with van der Waals surface area (Å²) < 4.78 is 4.93. The van der Waals surface area contributed by atoms with Crippen molar-refractivity contribution in [2.75, 3.05) is 17.2 Å². The minimum absolute atomic E-state index is 0.0191. The highest BCUT2D eigenvalue weighted by Gasteiger charge is 2.15. The normalized spacial score (nSPS) is 10.3. The van der Waals surface area contributed by atoms with Gasteiger partial charge in [0.15, 0.2) is 0 Å². The lowest BCUT2D eigenvalue weighted by molar-refractivity contribution is 0.0525. The number of nitrogens with zero attached hydrogens (tertiary/aromatic N) is 1. The SMILES string of the molecule is CCOC(=O)c1ccc(NC(=O)c2cccc(C(=O)Nc3ccc(C(=O)O)c(CC)c3)n2)cc1. The number of aromatic carboxylic acids is 1. The second-order valence-electron chi connectivity index (χ2n) is 7.14. The lowest BCUT2D eigenvalue weighted by atomic mass is 10.0. The number of carbonyl (C=O) groups excluding carboxylic acids is 3. The van der Waals surface area contributed by atoms with E-state index in [4.69, 9.17) is 4.74 Å². The summed E-state index contributed by atoms with van der Waals surface area (Å²) in [5.74, 6) is -2.56. The lowest BCUT2D eigenvalue weighted by Crippen LogP contribution is -2.18. The van der Waals surface area contributed by atoms with Gasteiger partial charge in [0.05, 0.1) is 17.7 Å². The average Bonchev–Trinajstić information content (AvgIpc) is 2.84. The molecule has 0 aliphatic carbocycles. The largest absolute Gasteiger partial charge is 0.478 e. The molecule has 1 heterocycles. The maximum atomic E-state index is 12.7. The van der Waals surface area contributed by atoms with Crippen molar-refractivity contribution in [1.82, 2.24) is 4.98 Å². The summed E-state index contributed by atoms with van der Waals surface area (Å²) in [4.78, 5) is 52.4. The summed E-state index contributed by atoms with van der Waals surface area (Å²) in [6.07, 6.45) is 0.486. The van der Waals surface area contributed by atoms with E-state index in [9.17, 15) is 24.3 Å². The van der Waals surface area contributed by atoms with Crippen LogP contribution in [0, 0.1) is 0 Å². The van der Waals surface area contributed by atoms with Gasteiger partial charge < -0.3 is 20.5 Å². The van der Waals surface area contributed by atoms with Crippen molar-refractivity contribution in [3.63, 3.8) is 0 Å².